The second-order valence-electron chi connectivity index (χ2n) is 9.79. The van der Waals surface area contributed by atoms with Gasteiger partial charge >= 0.3 is 11.9 Å². The minimum Gasteiger partial charge on any atom is -0.466 e. The predicted molar refractivity (Wildman–Crippen MR) is 136 cm³/mol. The van der Waals surface area contributed by atoms with Gasteiger partial charge in [-0.15, -0.1) is 0 Å². The van der Waals surface area contributed by atoms with Gasteiger partial charge in [0.05, 0.1) is 25.0 Å². The van der Waals surface area contributed by atoms with Gasteiger partial charge in [-0.1, -0.05) is 96.8 Å². The van der Waals surface area contributed by atoms with Crippen LogP contribution in [0.4, 0.5) is 22.0 Å². The van der Waals surface area contributed by atoms with Crippen LogP contribution in [0, 0.1) is 29.1 Å². The summed E-state index contributed by atoms with van der Waals surface area (Å²) in [5, 5.41) is 0. The van der Waals surface area contributed by atoms with Crippen LogP contribution in [0.5, 0.6) is 0 Å². The maximum atomic E-state index is 13.8. The fraction of sp³-hybridized carbons (Fsp3) is 0.724. The first-order chi connectivity index (χ1) is 18.2. The minimum atomic E-state index is -2.29. The number of rotatable bonds is 21. The van der Waals surface area contributed by atoms with E-state index in [0.717, 1.165) is 26.2 Å². The topological polar surface area (TPSA) is 52.6 Å². The smallest absolute Gasteiger partial charge is 0.306 e. The van der Waals surface area contributed by atoms with E-state index in [2.05, 4.69) is 6.92 Å². The van der Waals surface area contributed by atoms with E-state index in [4.69, 9.17) is 9.47 Å². The highest BCUT2D eigenvalue weighted by atomic mass is 19.2. The average molecular weight is 551 g/mol. The first kappa shape index (κ1) is 33.8. The van der Waals surface area contributed by atoms with E-state index in [1.165, 1.54) is 70.6 Å². The zero-order valence-electron chi connectivity index (χ0n) is 22.8. The lowest BCUT2D eigenvalue weighted by molar-refractivity contribution is -0.153. The van der Waals surface area contributed by atoms with Crippen molar-refractivity contribution in [3.05, 3.63) is 34.6 Å². The third kappa shape index (κ3) is 13.1. The molecule has 0 bridgehead atoms. The standard InChI is InChI=1S/C29H43F5O4/c1-3-4-5-6-7-8-9-10-11-12-13-14-15-16-17-20-37-22(35)18-19-23(36)38-21(2)24-25(30)27(32)29(34)28(33)26(24)31/h21H,3-20H2,1-2H3. The van der Waals surface area contributed by atoms with E-state index in [0.29, 0.717) is 6.42 Å². The molecule has 1 aromatic rings. The molecule has 0 aliphatic heterocycles. The van der Waals surface area contributed by atoms with E-state index in [1.807, 2.05) is 0 Å². The van der Waals surface area contributed by atoms with Crippen molar-refractivity contribution in [3.8, 4) is 0 Å². The number of unbranched alkanes of at least 4 members (excludes halogenated alkanes) is 14. The summed E-state index contributed by atoms with van der Waals surface area (Å²) in [4.78, 5) is 23.7. The molecule has 0 aliphatic rings. The van der Waals surface area contributed by atoms with Crippen LogP contribution in [0.2, 0.25) is 0 Å². The lowest BCUT2D eigenvalue weighted by Gasteiger charge is -2.16. The molecule has 0 spiro atoms. The van der Waals surface area contributed by atoms with Gasteiger partial charge in [0.1, 0.15) is 6.10 Å². The van der Waals surface area contributed by atoms with Crippen molar-refractivity contribution in [1.29, 1.82) is 0 Å². The fourth-order valence-electron chi connectivity index (χ4n) is 4.23. The molecular formula is C29H43F5O4. The van der Waals surface area contributed by atoms with Crippen molar-refractivity contribution >= 4 is 11.9 Å². The zero-order chi connectivity index (χ0) is 28.3. The molecule has 0 radical (unpaired) electrons. The van der Waals surface area contributed by atoms with Crippen LogP contribution in [0.15, 0.2) is 0 Å². The van der Waals surface area contributed by atoms with E-state index in [-0.39, 0.29) is 13.0 Å². The molecule has 1 atom stereocenters. The molecule has 9 heteroatoms. The van der Waals surface area contributed by atoms with Crippen molar-refractivity contribution in [1.82, 2.24) is 0 Å². The first-order valence-corrected chi connectivity index (χ1v) is 14.1. The number of halogens is 5. The van der Waals surface area contributed by atoms with Gasteiger partial charge < -0.3 is 9.47 Å². The van der Waals surface area contributed by atoms with Crippen molar-refractivity contribution in [3.63, 3.8) is 0 Å². The summed E-state index contributed by atoms with van der Waals surface area (Å²) in [6, 6.07) is 0. The summed E-state index contributed by atoms with van der Waals surface area (Å²) in [5.74, 6) is -12.3. The molecule has 0 amide bonds. The van der Waals surface area contributed by atoms with E-state index >= 15 is 0 Å². The van der Waals surface area contributed by atoms with Gasteiger partial charge in [0.15, 0.2) is 23.3 Å². The van der Waals surface area contributed by atoms with E-state index in [1.54, 1.807) is 0 Å². The molecule has 0 heterocycles. The molecule has 1 aromatic carbocycles. The van der Waals surface area contributed by atoms with Gasteiger partial charge in [0, 0.05) is 0 Å². The number of ether oxygens (including phenoxy) is 2. The lowest BCUT2D eigenvalue weighted by Crippen LogP contribution is -2.16. The maximum absolute atomic E-state index is 13.8. The number of hydrogen-bond acceptors (Lipinski definition) is 4. The molecule has 1 rings (SSSR count). The second-order valence-corrected chi connectivity index (χ2v) is 9.79. The molecule has 1 unspecified atom stereocenters. The van der Waals surface area contributed by atoms with Crippen LogP contribution in [0.3, 0.4) is 0 Å². The normalized spacial score (nSPS) is 12.0. The fourth-order valence-corrected chi connectivity index (χ4v) is 4.23. The zero-order valence-corrected chi connectivity index (χ0v) is 22.8. The third-order valence-electron chi connectivity index (χ3n) is 6.50. The molecule has 0 N–H and O–H groups in total. The molecule has 0 fully saturated rings. The summed E-state index contributed by atoms with van der Waals surface area (Å²) >= 11 is 0. The Balaban J connectivity index is 2.06. The highest BCUT2D eigenvalue weighted by Crippen LogP contribution is 2.29. The van der Waals surface area contributed by atoms with Gasteiger partial charge in [-0.3, -0.25) is 9.59 Å². The molecule has 38 heavy (non-hydrogen) atoms. The van der Waals surface area contributed by atoms with Gasteiger partial charge in [0.25, 0.3) is 0 Å². The molecule has 4 nitrogen and oxygen atoms in total. The van der Waals surface area contributed by atoms with Crippen LogP contribution in [0.1, 0.15) is 135 Å². The monoisotopic (exact) mass is 550 g/mol. The number of carbonyl (C=O) groups is 2. The summed E-state index contributed by atoms with van der Waals surface area (Å²) in [6.07, 6.45) is 15.8. The van der Waals surface area contributed by atoms with Crippen LogP contribution in [-0.2, 0) is 19.1 Å². The van der Waals surface area contributed by atoms with Gasteiger partial charge in [-0.05, 0) is 13.3 Å². The van der Waals surface area contributed by atoms with E-state index < -0.39 is 59.1 Å². The van der Waals surface area contributed by atoms with Crippen LogP contribution < -0.4 is 0 Å². The number of hydrogen-bond donors (Lipinski definition) is 0. The number of esters is 2. The Kier molecular flexibility index (Phi) is 17.6. The quantitative estimate of drug-likeness (QED) is 0.0503. The lowest BCUT2D eigenvalue weighted by atomic mass is 10.0. The molecule has 0 saturated carbocycles. The van der Waals surface area contributed by atoms with E-state index in [9.17, 15) is 31.5 Å². The van der Waals surface area contributed by atoms with Crippen LogP contribution >= 0.6 is 0 Å². The molecule has 0 aliphatic carbocycles. The van der Waals surface area contributed by atoms with Crippen molar-refractivity contribution < 1.29 is 41.0 Å². The SMILES string of the molecule is CCCCCCCCCCCCCCCCCOC(=O)CCC(=O)OC(C)c1c(F)c(F)c(F)c(F)c1F. The summed E-state index contributed by atoms with van der Waals surface area (Å²) in [6.45, 7) is 3.44. The van der Waals surface area contributed by atoms with Gasteiger partial charge in [-0.25, -0.2) is 22.0 Å². The Morgan fingerprint density at radius 2 is 0.947 bits per heavy atom. The highest BCUT2D eigenvalue weighted by Gasteiger charge is 2.30. The Labute approximate surface area is 223 Å². The summed E-state index contributed by atoms with van der Waals surface area (Å²) in [7, 11) is 0. The van der Waals surface area contributed by atoms with Crippen LogP contribution in [-0.4, -0.2) is 18.5 Å². The maximum Gasteiger partial charge on any atom is 0.306 e. The Hall–Kier alpha value is -2.19. The third-order valence-corrected chi connectivity index (χ3v) is 6.50. The van der Waals surface area contributed by atoms with Crippen LogP contribution in [0.25, 0.3) is 0 Å². The average Bonchev–Trinajstić information content (AvgIpc) is 2.89. The number of benzene rings is 1. The Morgan fingerprint density at radius 1 is 0.579 bits per heavy atom. The second kappa shape index (κ2) is 19.8. The molecule has 0 aromatic heterocycles. The Bertz CT molecular complexity index is 818. The summed E-state index contributed by atoms with van der Waals surface area (Å²) < 4.78 is 77.3. The van der Waals surface area contributed by atoms with Gasteiger partial charge in [0.2, 0.25) is 5.82 Å². The minimum absolute atomic E-state index is 0.229. The van der Waals surface area contributed by atoms with Crippen molar-refractivity contribution in [2.45, 2.75) is 129 Å². The van der Waals surface area contributed by atoms with Crippen molar-refractivity contribution in [2.24, 2.45) is 0 Å². The Morgan fingerprint density at radius 3 is 1.39 bits per heavy atom. The number of carbonyl (C=O) groups excluding carboxylic acids is 2. The molecular weight excluding hydrogens is 507 g/mol. The molecule has 0 saturated heterocycles. The molecule has 218 valence electrons. The summed E-state index contributed by atoms with van der Waals surface area (Å²) in [5.41, 5.74) is -1.24. The largest absolute Gasteiger partial charge is 0.466 e. The highest BCUT2D eigenvalue weighted by molar-refractivity contribution is 5.77. The predicted octanol–water partition coefficient (Wildman–Crippen LogP) is 9.18. The van der Waals surface area contributed by atoms with Crippen molar-refractivity contribution in [2.75, 3.05) is 6.61 Å². The van der Waals surface area contributed by atoms with Gasteiger partial charge in [-0.2, -0.15) is 0 Å². The first-order valence-electron chi connectivity index (χ1n) is 14.1.